The average Bonchev–Trinajstić information content (AvgIpc) is 2.55. The van der Waals surface area contributed by atoms with E-state index in [9.17, 15) is 14.7 Å². The molecule has 0 radical (unpaired) electrons. The maximum atomic E-state index is 11.8. The second-order valence-electron chi connectivity index (χ2n) is 3.60. The van der Waals surface area contributed by atoms with E-state index in [0.717, 1.165) is 0 Å². The number of anilines is 1. The summed E-state index contributed by atoms with van der Waals surface area (Å²) in [6, 6.07) is 8.95. The number of hydrogen-bond acceptors (Lipinski definition) is 3. The van der Waals surface area contributed by atoms with E-state index >= 15 is 0 Å². The molecule has 4 heteroatoms. The number of rotatable bonds is 2. The molecule has 0 saturated heterocycles. The minimum absolute atomic E-state index is 0.0672. The fraction of sp³-hybridized carbons (Fsp3) is 0.167. The highest BCUT2D eigenvalue weighted by atomic mass is 16.3. The Hall–Kier alpha value is -2.10. The van der Waals surface area contributed by atoms with E-state index < -0.39 is 11.7 Å². The molecule has 2 rings (SSSR count). The molecule has 0 bridgehead atoms. The molecular formula is C12H11NO3. The first-order valence-electron chi connectivity index (χ1n) is 4.91. The van der Waals surface area contributed by atoms with Crippen LogP contribution in [0.2, 0.25) is 0 Å². The van der Waals surface area contributed by atoms with E-state index in [-0.39, 0.29) is 17.9 Å². The molecule has 1 amide bonds. The molecule has 16 heavy (non-hydrogen) atoms. The molecule has 1 aliphatic rings. The van der Waals surface area contributed by atoms with Gasteiger partial charge in [-0.25, -0.2) is 0 Å². The number of carbonyl (C=O) groups is 2. The van der Waals surface area contributed by atoms with Crippen LogP contribution in [0.15, 0.2) is 41.7 Å². The third-order valence-corrected chi connectivity index (χ3v) is 2.48. The number of ketones is 1. The third kappa shape index (κ3) is 1.58. The Morgan fingerprint density at radius 2 is 1.94 bits per heavy atom. The summed E-state index contributed by atoms with van der Waals surface area (Å²) in [7, 11) is 0. The predicted octanol–water partition coefficient (Wildman–Crippen LogP) is 1.43. The molecule has 4 nitrogen and oxygen atoms in total. The SMILES string of the molecule is CC(=O)C1=C(O)CN(c2ccccc2)C1=O. The maximum absolute atomic E-state index is 11.8. The van der Waals surface area contributed by atoms with E-state index in [1.165, 1.54) is 11.8 Å². The zero-order valence-electron chi connectivity index (χ0n) is 8.80. The van der Waals surface area contributed by atoms with Crippen molar-refractivity contribution >= 4 is 17.4 Å². The van der Waals surface area contributed by atoms with Crippen LogP contribution in [0.3, 0.4) is 0 Å². The topological polar surface area (TPSA) is 57.6 Å². The Labute approximate surface area is 92.8 Å². The molecule has 1 heterocycles. The van der Waals surface area contributed by atoms with Crippen molar-refractivity contribution in [2.75, 3.05) is 11.4 Å². The quantitative estimate of drug-likeness (QED) is 0.762. The van der Waals surface area contributed by atoms with Gasteiger partial charge >= 0.3 is 0 Å². The van der Waals surface area contributed by atoms with Gasteiger partial charge < -0.3 is 10.0 Å². The van der Waals surface area contributed by atoms with E-state index in [4.69, 9.17) is 0 Å². The maximum Gasteiger partial charge on any atom is 0.265 e. The van der Waals surface area contributed by atoms with Crippen LogP contribution in [0.5, 0.6) is 0 Å². The number of aliphatic hydroxyl groups excluding tert-OH is 1. The van der Waals surface area contributed by atoms with Crippen LogP contribution in [-0.2, 0) is 9.59 Å². The highest BCUT2D eigenvalue weighted by molar-refractivity contribution is 6.26. The lowest BCUT2D eigenvalue weighted by molar-refractivity contribution is -0.119. The molecule has 0 fully saturated rings. The monoisotopic (exact) mass is 217 g/mol. The summed E-state index contributed by atoms with van der Waals surface area (Å²) in [5.74, 6) is -0.988. The molecule has 1 aromatic rings. The zero-order valence-corrected chi connectivity index (χ0v) is 8.80. The number of hydrogen-bond donors (Lipinski definition) is 1. The van der Waals surface area contributed by atoms with Gasteiger partial charge in [-0.2, -0.15) is 0 Å². The Morgan fingerprint density at radius 3 is 2.44 bits per heavy atom. The summed E-state index contributed by atoms with van der Waals surface area (Å²) in [6.45, 7) is 1.34. The first kappa shape index (κ1) is 10.4. The van der Waals surface area contributed by atoms with Crippen molar-refractivity contribution in [2.24, 2.45) is 0 Å². The molecule has 1 aliphatic heterocycles. The van der Waals surface area contributed by atoms with Crippen LogP contribution < -0.4 is 4.90 Å². The van der Waals surface area contributed by atoms with Crippen LogP contribution in [0.1, 0.15) is 6.92 Å². The van der Waals surface area contributed by atoms with Crippen molar-refractivity contribution in [3.05, 3.63) is 41.7 Å². The molecule has 0 atom stereocenters. The summed E-state index contributed by atoms with van der Waals surface area (Å²) in [4.78, 5) is 24.4. The number of carbonyl (C=O) groups excluding carboxylic acids is 2. The molecule has 0 aromatic heterocycles. The Balaban J connectivity index is 2.33. The lowest BCUT2D eigenvalue weighted by atomic mass is 10.2. The number of benzene rings is 1. The molecule has 0 saturated carbocycles. The van der Waals surface area contributed by atoms with Gasteiger partial charge in [0.25, 0.3) is 5.91 Å². The van der Waals surface area contributed by atoms with Crippen LogP contribution >= 0.6 is 0 Å². The van der Waals surface area contributed by atoms with Gasteiger partial charge in [0.15, 0.2) is 5.78 Å². The first-order chi connectivity index (χ1) is 7.61. The van der Waals surface area contributed by atoms with Gasteiger partial charge in [-0.05, 0) is 19.1 Å². The van der Waals surface area contributed by atoms with Crippen molar-refractivity contribution in [3.63, 3.8) is 0 Å². The summed E-state index contributed by atoms with van der Waals surface area (Å²) in [5.41, 5.74) is 0.569. The summed E-state index contributed by atoms with van der Waals surface area (Å²) in [6.07, 6.45) is 0. The average molecular weight is 217 g/mol. The lowest BCUT2D eigenvalue weighted by Crippen LogP contribution is -2.27. The van der Waals surface area contributed by atoms with Crippen LogP contribution in [0, 0.1) is 0 Å². The Morgan fingerprint density at radius 1 is 1.31 bits per heavy atom. The van der Waals surface area contributed by atoms with Gasteiger partial charge in [-0.15, -0.1) is 0 Å². The number of amides is 1. The molecule has 0 unspecified atom stereocenters. The van der Waals surface area contributed by atoms with Gasteiger partial charge in [-0.1, -0.05) is 18.2 Å². The molecule has 0 spiro atoms. The predicted molar refractivity (Wildman–Crippen MR) is 59.1 cm³/mol. The molecule has 82 valence electrons. The van der Waals surface area contributed by atoms with Gasteiger partial charge in [-0.3, -0.25) is 9.59 Å². The van der Waals surface area contributed by atoms with Crippen molar-refractivity contribution in [3.8, 4) is 0 Å². The van der Waals surface area contributed by atoms with E-state index in [0.29, 0.717) is 5.69 Å². The van der Waals surface area contributed by atoms with Crippen LogP contribution in [0.25, 0.3) is 0 Å². The minimum atomic E-state index is -0.434. The number of nitrogens with zero attached hydrogens (tertiary/aromatic N) is 1. The fourth-order valence-electron chi connectivity index (χ4n) is 1.73. The van der Waals surface area contributed by atoms with Crippen molar-refractivity contribution < 1.29 is 14.7 Å². The lowest BCUT2D eigenvalue weighted by Gasteiger charge is -2.15. The van der Waals surface area contributed by atoms with Crippen LogP contribution in [0.4, 0.5) is 5.69 Å². The highest BCUT2D eigenvalue weighted by Crippen LogP contribution is 2.24. The fourth-order valence-corrected chi connectivity index (χ4v) is 1.73. The second-order valence-corrected chi connectivity index (χ2v) is 3.60. The van der Waals surface area contributed by atoms with E-state index in [1.807, 2.05) is 6.07 Å². The minimum Gasteiger partial charge on any atom is -0.509 e. The Bertz CT molecular complexity index is 476. The van der Waals surface area contributed by atoms with Crippen molar-refractivity contribution in [1.29, 1.82) is 0 Å². The van der Waals surface area contributed by atoms with Crippen molar-refractivity contribution in [2.45, 2.75) is 6.92 Å². The van der Waals surface area contributed by atoms with Crippen LogP contribution in [-0.4, -0.2) is 23.3 Å². The second kappa shape index (κ2) is 3.81. The first-order valence-corrected chi connectivity index (χ1v) is 4.91. The molecule has 1 aromatic carbocycles. The molecule has 0 aliphatic carbocycles. The van der Waals surface area contributed by atoms with Gasteiger partial charge in [0, 0.05) is 5.69 Å². The largest absolute Gasteiger partial charge is 0.509 e. The molecular weight excluding hydrogens is 206 g/mol. The summed E-state index contributed by atoms with van der Waals surface area (Å²) < 4.78 is 0. The smallest absolute Gasteiger partial charge is 0.265 e. The van der Waals surface area contributed by atoms with Crippen molar-refractivity contribution in [1.82, 2.24) is 0 Å². The third-order valence-electron chi connectivity index (χ3n) is 2.48. The van der Waals surface area contributed by atoms with E-state index in [2.05, 4.69) is 0 Å². The number of aliphatic hydroxyl groups is 1. The summed E-state index contributed by atoms with van der Waals surface area (Å²) >= 11 is 0. The van der Waals surface area contributed by atoms with Gasteiger partial charge in [0.1, 0.15) is 11.3 Å². The van der Waals surface area contributed by atoms with Gasteiger partial charge in [0.05, 0.1) is 6.54 Å². The normalized spacial score (nSPS) is 15.8. The summed E-state index contributed by atoms with van der Waals surface area (Å²) in [5, 5.41) is 9.56. The number of Topliss-reactive ketones (excluding diaryl/α,β-unsaturated/α-hetero) is 1. The van der Waals surface area contributed by atoms with E-state index in [1.54, 1.807) is 24.3 Å². The standard InChI is InChI=1S/C12H11NO3/c1-8(14)11-10(15)7-13(12(11)16)9-5-3-2-4-6-9/h2-6,15H,7H2,1H3. The Kier molecular flexibility index (Phi) is 2.48. The zero-order chi connectivity index (χ0) is 11.7. The number of para-hydroxylation sites is 1. The molecule has 1 N–H and O–H groups in total. The van der Waals surface area contributed by atoms with Gasteiger partial charge in [0.2, 0.25) is 0 Å². The highest BCUT2D eigenvalue weighted by Gasteiger charge is 2.33.